The van der Waals surface area contributed by atoms with Crippen LogP contribution in [0.15, 0.2) is 0 Å². The van der Waals surface area contributed by atoms with E-state index in [-0.39, 0.29) is 5.78 Å². The highest BCUT2D eigenvalue weighted by Crippen LogP contribution is 1.75. The van der Waals surface area contributed by atoms with E-state index >= 15 is 0 Å². The summed E-state index contributed by atoms with van der Waals surface area (Å²) < 4.78 is 0. The van der Waals surface area contributed by atoms with E-state index in [4.69, 9.17) is 0 Å². The largest absolute Gasteiger partial charge is 0.498 e. The summed E-state index contributed by atoms with van der Waals surface area (Å²) in [4.78, 5) is 10.0. The van der Waals surface area contributed by atoms with Gasteiger partial charge in [0.25, 0.3) is 5.78 Å². The molecule has 0 aromatic rings. The van der Waals surface area contributed by atoms with Crippen molar-refractivity contribution in [2.45, 2.75) is 13.3 Å². The standard InChI is InChI=1S/C4H5NO2/c1-2-4(6)3-5-7/h2H2,1H3. The van der Waals surface area contributed by atoms with E-state index in [1.54, 1.807) is 13.0 Å². The van der Waals surface area contributed by atoms with Crippen LogP contribution in [0.25, 0.3) is 5.01 Å². The zero-order valence-corrected chi connectivity index (χ0v) is 3.97. The second-order valence-corrected chi connectivity index (χ2v) is 0.980. The van der Waals surface area contributed by atoms with Crippen molar-refractivity contribution in [1.29, 1.82) is 0 Å². The first kappa shape index (κ1) is 5.96. The monoisotopic (exact) mass is 99.0 g/mol. The number of carbonyl (C=O) groups is 1. The fourth-order valence-electron chi connectivity index (χ4n) is 0.130. The van der Waals surface area contributed by atoms with E-state index in [2.05, 4.69) is 5.01 Å². The Hall–Kier alpha value is -1.04. The minimum absolute atomic E-state index is 0.297. The van der Waals surface area contributed by atoms with Gasteiger partial charge in [-0.1, -0.05) is 6.92 Å². The van der Waals surface area contributed by atoms with E-state index in [1.165, 1.54) is 0 Å². The number of Topliss-reactive ketones (excluding diaryl/α,β-unsaturated/α-hetero) is 1. The van der Waals surface area contributed by atoms with Crippen LogP contribution in [0.5, 0.6) is 0 Å². The van der Waals surface area contributed by atoms with Gasteiger partial charge in [0.1, 0.15) is 0 Å². The van der Waals surface area contributed by atoms with Crippen molar-refractivity contribution in [1.82, 2.24) is 0 Å². The third kappa shape index (κ3) is 2.77. The lowest BCUT2D eigenvalue weighted by molar-refractivity contribution is -0.113. The maximum absolute atomic E-state index is 10.0. The normalized spacial score (nSPS) is 6.43. The molecule has 38 valence electrons. The van der Waals surface area contributed by atoms with Crippen molar-refractivity contribution in [2.24, 2.45) is 0 Å². The fourth-order valence-corrected chi connectivity index (χ4v) is 0.130. The molecular formula is C4H5NO2. The first-order valence-corrected chi connectivity index (χ1v) is 1.92. The van der Waals surface area contributed by atoms with Crippen molar-refractivity contribution in [2.75, 3.05) is 0 Å². The maximum atomic E-state index is 10.0. The maximum Gasteiger partial charge on any atom is 0.375 e. The number of rotatable bonds is 1. The third-order valence-electron chi connectivity index (χ3n) is 0.491. The number of ketones is 1. The smallest absolute Gasteiger partial charge is 0.375 e. The number of carbonyl (C=O) groups excluding carboxylic acids is 1. The molecule has 0 atom stereocenters. The lowest BCUT2D eigenvalue weighted by Gasteiger charge is -1.65. The van der Waals surface area contributed by atoms with Crippen LogP contribution in [0.3, 0.4) is 0 Å². The average Bonchev–Trinajstić information content (AvgIpc) is 1.68. The van der Waals surface area contributed by atoms with Gasteiger partial charge in [-0.2, -0.15) is 0 Å². The molecule has 7 heavy (non-hydrogen) atoms. The summed E-state index contributed by atoms with van der Waals surface area (Å²) in [5.41, 5.74) is 0. The molecule has 0 saturated heterocycles. The Balaban J connectivity index is 3.52. The molecule has 0 amide bonds. The zero-order chi connectivity index (χ0) is 5.70. The molecule has 0 heterocycles. The molecule has 0 saturated carbocycles. The molecule has 0 aromatic heterocycles. The van der Waals surface area contributed by atoms with Gasteiger partial charge in [-0.15, -0.1) is 0 Å². The number of nitrogens with zero attached hydrogens (tertiary/aromatic N) is 1. The number of hydrogen-bond donors (Lipinski definition) is 0. The lowest BCUT2D eigenvalue weighted by atomic mass is 10.3. The topological polar surface area (TPSA) is 44.5 Å². The molecule has 0 bridgehead atoms. The van der Waals surface area contributed by atoms with Crippen molar-refractivity contribution in [3.63, 3.8) is 0 Å². The van der Waals surface area contributed by atoms with Gasteiger partial charge in [0.15, 0.2) is 0 Å². The molecule has 0 N–H and O–H groups in total. The van der Waals surface area contributed by atoms with E-state index in [9.17, 15) is 10.0 Å². The first-order valence-electron chi connectivity index (χ1n) is 1.92. The molecule has 0 radical (unpaired) electrons. The van der Waals surface area contributed by atoms with Gasteiger partial charge in [0.2, 0.25) is 0 Å². The van der Waals surface area contributed by atoms with Crippen molar-refractivity contribution < 1.29 is 4.79 Å². The summed E-state index contributed by atoms with van der Waals surface area (Å²) >= 11 is 0. The molecule has 0 aliphatic carbocycles. The Kier molecular flexibility index (Phi) is 2.69. The summed E-state index contributed by atoms with van der Waals surface area (Å²) in [6.45, 7) is 1.64. The van der Waals surface area contributed by atoms with Gasteiger partial charge >= 0.3 is 6.07 Å². The first-order chi connectivity index (χ1) is 3.31. The Bertz CT molecular complexity index is 119. The van der Waals surface area contributed by atoms with Crippen LogP contribution in [0, 0.1) is 11.3 Å². The predicted octanol–water partition coefficient (Wildman–Crippen LogP) is 0.796. The van der Waals surface area contributed by atoms with Crippen LogP contribution >= 0.6 is 0 Å². The second-order valence-electron chi connectivity index (χ2n) is 0.980. The molecular weight excluding hydrogens is 94.0 g/mol. The van der Waals surface area contributed by atoms with E-state index in [0.29, 0.717) is 6.42 Å². The van der Waals surface area contributed by atoms with Gasteiger partial charge < -0.3 is 5.21 Å². The Morgan fingerprint density at radius 2 is 2.57 bits per heavy atom. The molecule has 0 unspecified atom stereocenters. The molecule has 0 aromatic carbocycles. The van der Waals surface area contributed by atoms with E-state index in [1.807, 2.05) is 0 Å². The Morgan fingerprint density at radius 3 is 2.71 bits per heavy atom. The minimum Gasteiger partial charge on any atom is -0.498 e. The van der Waals surface area contributed by atoms with Crippen LogP contribution < -0.4 is 0 Å². The van der Waals surface area contributed by atoms with Crippen molar-refractivity contribution in [3.05, 3.63) is 10.2 Å². The van der Waals surface area contributed by atoms with E-state index in [0.717, 1.165) is 0 Å². The number of hydrogen-bond acceptors (Lipinski definition) is 2. The molecule has 0 aliphatic rings. The van der Waals surface area contributed by atoms with Crippen LogP contribution in [-0.2, 0) is 4.79 Å². The summed E-state index contributed by atoms with van der Waals surface area (Å²) in [6, 6.07) is 1.73. The summed E-state index contributed by atoms with van der Waals surface area (Å²) in [7, 11) is 0. The third-order valence-corrected chi connectivity index (χ3v) is 0.491. The van der Waals surface area contributed by atoms with Crippen molar-refractivity contribution >= 4 is 5.78 Å². The summed E-state index contributed by atoms with van der Waals surface area (Å²) in [5.74, 6) is -0.352. The molecule has 3 heteroatoms. The van der Waals surface area contributed by atoms with Crippen molar-refractivity contribution in [3.8, 4) is 6.07 Å². The van der Waals surface area contributed by atoms with E-state index < -0.39 is 0 Å². The predicted molar refractivity (Wildman–Crippen MR) is 25.9 cm³/mol. The highest BCUT2D eigenvalue weighted by Gasteiger charge is 1.95. The van der Waals surface area contributed by atoms with Crippen LogP contribution in [0.4, 0.5) is 0 Å². The van der Waals surface area contributed by atoms with Crippen LogP contribution in [-0.4, -0.2) is 5.78 Å². The molecule has 0 aliphatic heterocycles. The summed E-state index contributed by atoms with van der Waals surface area (Å²) in [6.07, 6.45) is 0.297. The molecule has 3 nitrogen and oxygen atoms in total. The SMILES string of the molecule is CCC(=O)C#[N+][O-]. The molecule has 0 fully saturated rings. The second kappa shape index (κ2) is 3.16. The van der Waals surface area contributed by atoms with Gasteiger partial charge in [-0.3, -0.25) is 4.79 Å². The summed E-state index contributed by atoms with van der Waals surface area (Å²) in [5, 5.41) is 11.3. The van der Waals surface area contributed by atoms with Crippen LogP contribution in [0.1, 0.15) is 13.3 Å². The molecule has 0 spiro atoms. The molecule has 0 rings (SSSR count). The lowest BCUT2D eigenvalue weighted by Crippen LogP contribution is -1.85. The quantitative estimate of drug-likeness (QED) is 0.360. The fraction of sp³-hybridized carbons (Fsp3) is 0.500. The Labute approximate surface area is 41.3 Å². The van der Waals surface area contributed by atoms with Gasteiger partial charge in [0.05, 0.1) is 0 Å². The average molecular weight is 99.1 g/mol. The highest BCUT2D eigenvalue weighted by molar-refractivity contribution is 5.94. The Morgan fingerprint density at radius 1 is 2.00 bits per heavy atom. The zero-order valence-electron chi connectivity index (χ0n) is 3.97. The van der Waals surface area contributed by atoms with Gasteiger partial charge in [-0.25, -0.2) is 0 Å². The van der Waals surface area contributed by atoms with Gasteiger partial charge in [-0.05, 0) is 0 Å². The van der Waals surface area contributed by atoms with Gasteiger partial charge in [0, 0.05) is 11.4 Å². The highest BCUT2D eigenvalue weighted by atomic mass is 16.4. The van der Waals surface area contributed by atoms with Crippen LogP contribution in [0.2, 0.25) is 0 Å². The minimum atomic E-state index is -0.352.